The summed E-state index contributed by atoms with van der Waals surface area (Å²) in [5.74, 6) is -0.690. The Bertz CT molecular complexity index is 1150. The van der Waals surface area contributed by atoms with Crippen LogP contribution in [0.1, 0.15) is 64.2 Å². The molecule has 0 spiro atoms. The van der Waals surface area contributed by atoms with Crippen LogP contribution in [0.5, 0.6) is 0 Å². The minimum atomic E-state index is -3.77. The molecule has 0 fully saturated rings. The number of anilines is 1. The van der Waals surface area contributed by atoms with E-state index in [1.54, 1.807) is 19.1 Å². The molecule has 0 aliphatic carbocycles. The van der Waals surface area contributed by atoms with Gasteiger partial charge in [-0.3, -0.25) is 13.9 Å². The summed E-state index contributed by atoms with van der Waals surface area (Å²) in [4.78, 5) is 28.2. The normalized spacial score (nSPS) is 12.8. The summed E-state index contributed by atoms with van der Waals surface area (Å²) in [5.41, 5.74) is 2.72. The Labute approximate surface area is 210 Å². The molecule has 0 saturated carbocycles. The largest absolute Gasteiger partial charge is 0.350 e. The number of aryl methyl sites for hydroxylation is 1. The highest BCUT2D eigenvalue weighted by Crippen LogP contribution is 2.29. The van der Waals surface area contributed by atoms with Crippen LogP contribution < -0.4 is 9.62 Å². The van der Waals surface area contributed by atoms with Gasteiger partial charge in [-0.15, -0.1) is 0 Å². The lowest BCUT2D eigenvalue weighted by atomic mass is 10.0. The number of nitrogens with one attached hydrogen (secondary N) is 1. The maximum absolute atomic E-state index is 13.7. The summed E-state index contributed by atoms with van der Waals surface area (Å²) >= 11 is 0. The lowest BCUT2D eigenvalue weighted by Gasteiger charge is -2.33. The van der Waals surface area contributed by atoms with E-state index < -0.39 is 34.1 Å². The molecule has 1 unspecified atom stereocenters. The number of para-hydroxylation sites is 1. The number of carbonyl (C=O) groups excluding carboxylic acids is 2. The van der Waals surface area contributed by atoms with Gasteiger partial charge in [0.1, 0.15) is 12.6 Å². The van der Waals surface area contributed by atoms with E-state index in [-0.39, 0.29) is 18.4 Å². The third-order valence-corrected chi connectivity index (χ3v) is 6.73. The molecular formula is C27H39N3O4S. The number of carbonyl (C=O) groups is 2. The number of amides is 2. The van der Waals surface area contributed by atoms with E-state index in [0.29, 0.717) is 5.69 Å². The summed E-state index contributed by atoms with van der Waals surface area (Å²) in [5, 5.41) is 2.93. The van der Waals surface area contributed by atoms with Crippen LogP contribution in [0.3, 0.4) is 0 Å². The molecule has 2 aromatic carbocycles. The first kappa shape index (κ1) is 28.4. The molecule has 2 rings (SSSR count). The van der Waals surface area contributed by atoms with Gasteiger partial charge in [0.05, 0.1) is 11.9 Å². The Morgan fingerprint density at radius 2 is 1.63 bits per heavy atom. The zero-order chi connectivity index (χ0) is 26.6. The molecule has 2 aromatic rings. The van der Waals surface area contributed by atoms with Gasteiger partial charge < -0.3 is 10.2 Å². The number of benzene rings is 2. The first-order chi connectivity index (χ1) is 16.1. The molecule has 0 heterocycles. The predicted molar refractivity (Wildman–Crippen MR) is 142 cm³/mol. The van der Waals surface area contributed by atoms with Gasteiger partial charge in [-0.2, -0.15) is 0 Å². The minimum absolute atomic E-state index is 0.0606. The Morgan fingerprint density at radius 1 is 1.00 bits per heavy atom. The Balaban J connectivity index is 2.47. The van der Waals surface area contributed by atoms with Crippen LogP contribution in [-0.4, -0.2) is 49.5 Å². The average Bonchev–Trinajstić information content (AvgIpc) is 2.73. The fraction of sp³-hybridized carbons (Fsp3) is 0.481. The summed E-state index contributed by atoms with van der Waals surface area (Å²) in [7, 11) is -3.77. The summed E-state index contributed by atoms with van der Waals surface area (Å²) in [6.45, 7) is 13.0. The highest BCUT2D eigenvalue weighted by atomic mass is 32.2. The number of nitrogens with zero attached hydrogens (tertiary/aromatic N) is 2. The molecule has 1 N–H and O–H groups in total. The molecular weight excluding hydrogens is 462 g/mol. The third kappa shape index (κ3) is 8.09. The van der Waals surface area contributed by atoms with Crippen molar-refractivity contribution in [2.75, 3.05) is 17.1 Å². The van der Waals surface area contributed by atoms with Crippen molar-refractivity contribution in [1.82, 2.24) is 10.2 Å². The number of rotatable bonds is 9. The summed E-state index contributed by atoms with van der Waals surface area (Å²) in [6.07, 6.45) is 1.10. The first-order valence-corrected chi connectivity index (χ1v) is 13.7. The molecule has 0 saturated heterocycles. The number of sulfonamides is 1. The molecule has 0 aromatic heterocycles. The van der Waals surface area contributed by atoms with E-state index in [0.717, 1.165) is 27.3 Å². The van der Waals surface area contributed by atoms with Crippen molar-refractivity contribution in [3.05, 3.63) is 65.2 Å². The Kier molecular flexibility index (Phi) is 9.11. The predicted octanol–water partition coefficient (Wildman–Crippen LogP) is 4.22. The maximum Gasteiger partial charge on any atom is 0.244 e. The van der Waals surface area contributed by atoms with E-state index in [1.807, 2.05) is 77.9 Å². The minimum Gasteiger partial charge on any atom is -0.350 e. The Morgan fingerprint density at radius 3 is 2.17 bits per heavy atom. The van der Waals surface area contributed by atoms with Crippen molar-refractivity contribution in [3.63, 3.8) is 0 Å². The van der Waals surface area contributed by atoms with Crippen molar-refractivity contribution < 1.29 is 18.0 Å². The first-order valence-electron chi connectivity index (χ1n) is 11.8. The van der Waals surface area contributed by atoms with Crippen molar-refractivity contribution in [1.29, 1.82) is 0 Å². The standard InChI is InChI=1S/C27H39N3O4S/c1-19(2)23-14-9-10-15-24(23)30(35(8,33)34)18-25(31)29(17-22-13-11-12-20(3)16-22)21(4)26(32)28-27(5,6)7/h9-16,19,21H,17-18H2,1-8H3,(H,28,32). The van der Waals surface area contributed by atoms with Gasteiger partial charge in [0.2, 0.25) is 21.8 Å². The zero-order valence-electron chi connectivity index (χ0n) is 22.1. The smallest absolute Gasteiger partial charge is 0.244 e. The third-order valence-electron chi connectivity index (χ3n) is 5.61. The van der Waals surface area contributed by atoms with Crippen LogP contribution in [0, 0.1) is 6.92 Å². The van der Waals surface area contributed by atoms with Crippen molar-refractivity contribution >= 4 is 27.5 Å². The molecule has 0 aliphatic rings. The van der Waals surface area contributed by atoms with Gasteiger partial charge in [-0.1, -0.05) is 61.9 Å². The van der Waals surface area contributed by atoms with E-state index in [2.05, 4.69) is 5.32 Å². The highest BCUT2D eigenvalue weighted by molar-refractivity contribution is 7.92. The summed E-state index contributed by atoms with van der Waals surface area (Å²) in [6, 6.07) is 14.1. The van der Waals surface area contributed by atoms with Crippen molar-refractivity contribution in [2.24, 2.45) is 0 Å². The maximum atomic E-state index is 13.7. The lowest BCUT2D eigenvalue weighted by Crippen LogP contribution is -2.54. The fourth-order valence-corrected chi connectivity index (χ4v) is 4.73. The molecule has 0 radical (unpaired) electrons. The molecule has 192 valence electrons. The topological polar surface area (TPSA) is 86.8 Å². The van der Waals surface area contributed by atoms with Crippen LogP contribution >= 0.6 is 0 Å². The average molecular weight is 502 g/mol. The second-order valence-electron chi connectivity index (χ2n) is 10.4. The van der Waals surface area contributed by atoms with Crippen molar-refractivity contribution in [3.8, 4) is 0 Å². The quantitative estimate of drug-likeness (QED) is 0.557. The molecule has 8 heteroatoms. The van der Waals surface area contributed by atoms with Gasteiger partial charge in [-0.05, 0) is 57.7 Å². The molecule has 35 heavy (non-hydrogen) atoms. The van der Waals surface area contributed by atoms with E-state index >= 15 is 0 Å². The van der Waals surface area contributed by atoms with Gasteiger partial charge in [-0.25, -0.2) is 8.42 Å². The van der Waals surface area contributed by atoms with Gasteiger partial charge in [0.25, 0.3) is 0 Å². The van der Waals surface area contributed by atoms with Gasteiger partial charge in [0.15, 0.2) is 0 Å². The van der Waals surface area contributed by atoms with E-state index in [1.165, 1.54) is 4.90 Å². The SMILES string of the molecule is Cc1cccc(CN(C(=O)CN(c2ccccc2C(C)C)S(C)(=O)=O)C(C)C(=O)NC(C)(C)C)c1. The summed E-state index contributed by atoms with van der Waals surface area (Å²) < 4.78 is 26.8. The van der Waals surface area contributed by atoms with Crippen LogP contribution in [0.15, 0.2) is 48.5 Å². The van der Waals surface area contributed by atoms with Crippen LogP contribution in [0.2, 0.25) is 0 Å². The lowest BCUT2D eigenvalue weighted by molar-refractivity contribution is -0.140. The molecule has 0 bridgehead atoms. The van der Waals surface area contributed by atoms with Crippen LogP contribution in [0.25, 0.3) is 0 Å². The zero-order valence-corrected chi connectivity index (χ0v) is 22.9. The second-order valence-corrected chi connectivity index (χ2v) is 12.3. The van der Waals surface area contributed by atoms with Crippen LogP contribution in [0.4, 0.5) is 5.69 Å². The Hall–Kier alpha value is -2.87. The van der Waals surface area contributed by atoms with Crippen molar-refractivity contribution in [2.45, 2.75) is 72.5 Å². The van der Waals surface area contributed by atoms with Gasteiger partial charge in [0, 0.05) is 12.1 Å². The molecule has 0 aliphatic heterocycles. The van der Waals surface area contributed by atoms with E-state index in [4.69, 9.17) is 0 Å². The monoisotopic (exact) mass is 501 g/mol. The molecule has 1 atom stereocenters. The fourth-order valence-electron chi connectivity index (χ4n) is 3.86. The molecule has 2 amide bonds. The van der Waals surface area contributed by atoms with Crippen LogP contribution in [-0.2, 0) is 26.2 Å². The number of hydrogen-bond acceptors (Lipinski definition) is 4. The van der Waals surface area contributed by atoms with Gasteiger partial charge >= 0.3 is 0 Å². The molecule has 7 nitrogen and oxygen atoms in total. The van der Waals surface area contributed by atoms with E-state index in [9.17, 15) is 18.0 Å². The highest BCUT2D eigenvalue weighted by Gasteiger charge is 2.32. The number of hydrogen-bond donors (Lipinski definition) is 1. The second kappa shape index (κ2) is 11.2.